The summed E-state index contributed by atoms with van der Waals surface area (Å²) >= 11 is 0. The molecule has 0 spiro atoms. The molecule has 152 valence electrons. The van der Waals surface area contributed by atoms with Gasteiger partial charge in [0, 0.05) is 38.3 Å². The molecule has 5 heteroatoms. The Morgan fingerprint density at radius 2 is 1.70 bits per heavy atom. The summed E-state index contributed by atoms with van der Waals surface area (Å²) < 4.78 is 14.4. The summed E-state index contributed by atoms with van der Waals surface area (Å²) in [5, 5.41) is 0. The first-order chi connectivity index (χ1) is 14.7. The van der Waals surface area contributed by atoms with Crippen LogP contribution < -0.4 is 0 Å². The van der Waals surface area contributed by atoms with Crippen molar-refractivity contribution in [2.24, 2.45) is 11.8 Å². The van der Waals surface area contributed by atoms with Gasteiger partial charge in [-0.3, -0.25) is 14.7 Å². The Bertz CT molecular complexity index is 1030. The summed E-state index contributed by atoms with van der Waals surface area (Å²) in [5.41, 5.74) is 2.34. The molecule has 2 aliphatic heterocycles. The predicted molar refractivity (Wildman–Crippen MR) is 113 cm³/mol. The Kier molecular flexibility index (Phi) is 5.05. The summed E-state index contributed by atoms with van der Waals surface area (Å²) in [6.07, 6.45) is 1.83. The van der Waals surface area contributed by atoms with E-state index in [4.69, 9.17) is 0 Å². The Labute approximate surface area is 176 Å². The fourth-order valence-electron chi connectivity index (χ4n) is 5.06. The van der Waals surface area contributed by atoms with Crippen molar-refractivity contribution in [3.05, 3.63) is 102 Å². The molecule has 2 saturated heterocycles. The third-order valence-electron chi connectivity index (χ3n) is 6.36. The van der Waals surface area contributed by atoms with Gasteiger partial charge in [0.2, 0.25) is 0 Å². The van der Waals surface area contributed by atoms with Crippen LogP contribution in [0.15, 0.2) is 79.0 Å². The SMILES string of the molecule is O=C(c1ccccc1F)N1C[C@@H]2CN(Cc3ccccn3)C[C@@H]2[C@H]1c1ccccc1. The molecule has 5 rings (SSSR count). The maximum atomic E-state index is 14.4. The molecule has 0 radical (unpaired) electrons. The van der Waals surface area contributed by atoms with E-state index < -0.39 is 5.82 Å². The molecule has 3 heterocycles. The van der Waals surface area contributed by atoms with Crippen LogP contribution in [0, 0.1) is 17.7 Å². The van der Waals surface area contributed by atoms with E-state index in [-0.39, 0.29) is 17.5 Å². The van der Waals surface area contributed by atoms with E-state index in [0.717, 1.165) is 30.9 Å². The van der Waals surface area contributed by atoms with Crippen molar-refractivity contribution in [2.45, 2.75) is 12.6 Å². The molecule has 0 aliphatic carbocycles. The predicted octanol–water partition coefficient (Wildman–Crippen LogP) is 4.17. The number of pyridine rings is 1. The summed E-state index contributed by atoms with van der Waals surface area (Å²) in [7, 11) is 0. The maximum Gasteiger partial charge on any atom is 0.257 e. The van der Waals surface area contributed by atoms with Gasteiger partial charge >= 0.3 is 0 Å². The molecule has 30 heavy (non-hydrogen) atoms. The molecule has 1 amide bonds. The van der Waals surface area contributed by atoms with Gasteiger partial charge in [-0.2, -0.15) is 0 Å². The van der Waals surface area contributed by atoms with E-state index in [1.54, 1.807) is 18.2 Å². The number of likely N-dealkylation sites (tertiary alicyclic amines) is 2. The average molecular weight is 401 g/mol. The number of carbonyl (C=O) groups is 1. The van der Waals surface area contributed by atoms with Gasteiger partial charge in [-0.1, -0.05) is 48.5 Å². The normalized spacial score (nSPS) is 23.5. The van der Waals surface area contributed by atoms with Crippen LogP contribution in [0.1, 0.15) is 27.7 Å². The van der Waals surface area contributed by atoms with Crippen LogP contribution in [0.5, 0.6) is 0 Å². The minimum Gasteiger partial charge on any atom is -0.331 e. The lowest BCUT2D eigenvalue weighted by Gasteiger charge is -2.30. The van der Waals surface area contributed by atoms with Gasteiger partial charge in [0.15, 0.2) is 0 Å². The van der Waals surface area contributed by atoms with Crippen molar-refractivity contribution < 1.29 is 9.18 Å². The van der Waals surface area contributed by atoms with Gasteiger partial charge in [-0.15, -0.1) is 0 Å². The molecule has 3 atom stereocenters. The van der Waals surface area contributed by atoms with Gasteiger partial charge < -0.3 is 4.90 Å². The number of rotatable bonds is 4. The first-order valence-corrected chi connectivity index (χ1v) is 10.4. The number of amides is 1. The van der Waals surface area contributed by atoms with Crippen LogP contribution in [0.2, 0.25) is 0 Å². The Hall–Kier alpha value is -3.05. The van der Waals surface area contributed by atoms with Crippen LogP contribution in [0.25, 0.3) is 0 Å². The molecule has 0 bridgehead atoms. The molecular formula is C25H24FN3O. The molecule has 0 unspecified atom stereocenters. The minimum absolute atomic E-state index is 0.0444. The van der Waals surface area contributed by atoms with E-state index >= 15 is 0 Å². The van der Waals surface area contributed by atoms with Crippen molar-refractivity contribution in [3.63, 3.8) is 0 Å². The van der Waals surface area contributed by atoms with Crippen LogP contribution in [-0.4, -0.2) is 40.3 Å². The zero-order chi connectivity index (χ0) is 20.5. The standard InChI is InChI=1S/C25H24FN3O/c26-23-12-5-4-11-21(23)25(30)29-15-19-14-28(16-20-10-6-7-13-27-20)17-22(19)24(29)18-8-2-1-3-9-18/h1-13,19,22,24H,14-17H2/t19-,22-,24+/m0/s1. The summed E-state index contributed by atoms with van der Waals surface area (Å²) in [5.74, 6) is 0.0252. The first-order valence-electron chi connectivity index (χ1n) is 10.4. The Balaban J connectivity index is 1.42. The van der Waals surface area contributed by atoms with E-state index in [1.165, 1.54) is 6.07 Å². The van der Waals surface area contributed by atoms with Crippen molar-refractivity contribution >= 4 is 5.91 Å². The Morgan fingerprint density at radius 1 is 0.933 bits per heavy atom. The molecule has 2 aromatic carbocycles. The highest BCUT2D eigenvalue weighted by Gasteiger charge is 2.49. The minimum atomic E-state index is -0.455. The zero-order valence-corrected chi connectivity index (χ0v) is 16.7. The molecule has 0 N–H and O–H groups in total. The van der Waals surface area contributed by atoms with E-state index in [1.807, 2.05) is 41.4 Å². The number of nitrogens with zero attached hydrogens (tertiary/aromatic N) is 3. The number of fused-ring (bicyclic) bond motifs is 1. The third kappa shape index (κ3) is 3.50. The van der Waals surface area contributed by atoms with Gasteiger partial charge in [0.05, 0.1) is 17.3 Å². The van der Waals surface area contributed by atoms with Crippen LogP contribution in [0.4, 0.5) is 4.39 Å². The second-order valence-corrected chi connectivity index (χ2v) is 8.23. The highest BCUT2D eigenvalue weighted by Crippen LogP contribution is 2.45. The lowest BCUT2D eigenvalue weighted by molar-refractivity contribution is 0.0695. The molecule has 2 fully saturated rings. The maximum absolute atomic E-state index is 14.4. The highest BCUT2D eigenvalue weighted by molar-refractivity contribution is 5.95. The summed E-state index contributed by atoms with van der Waals surface area (Å²) in [6, 6.07) is 22.4. The first kappa shape index (κ1) is 18.9. The van der Waals surface area contributed by atoms with Gasteiger partial charge in [0.25, 0.3) is 5.91 Å². The molecule has 0 saturated carbocycles. The van der Waals surface area contributed by atoms with E-state index in [9.17, 15) is 9.18 Å². The largest absolute Gasteiger partial charge is 0.331 e. The average Bonchev–Trinajstić information content (AvgIpc) is 3.32. The molecular weight excluding hydrogens is 377 g/mol. The zero-order valence-electron chi connectivity index (χ0n) is 16.7. The monoisotopic (exact) mass is 401 g/mol. The Morgan fingerprint density at radius 3 is 2.47 bits per heavy atom. The van der Waals surface area contributed by atoms with Crippen molar-refractivity contribution in [1.29, 1.82) is 0 Å². The summed E-state index contributed by atoms with van der Waals surface area (Å²) in [6.45, 7) is 3.29. The molecule has 4 nitrogen and oxygen atoms in total. The smallest absolute Gasteiger partial charge is 0.257 e. The number of hydrogen-bond donors (Lipinski definition) is 0. The third-order valence-corrected chi connectivity index (χ3v) is 6.36. The van der Waals surface area contributed by atoms with Gasteiger partial charge in [0.1, 0.15) is 5.82 Å². The van der Waals surface area contributed by atoms with Crippen LogP contribution in [-0.2, 0) is 6.54 Å². The fraction of sp³-hybridized carbons (Fsp3) is 0.280. The van der Waals surface area contributed by atoms with Crippen LogP contribution in [0.3, 0.4) is 0 Å². The van der Waals surface area contributed by atoms with Crippen molar-refractivity contribution in [1.82, 2.24) is 14.8 Å². The van der Waals surface area contributed by atoms with E-state index in [2.05, 4.69) is 28.1 Å². The fourth-order valence-corrected chi connectivity index (χ4v) is 5.06. The quantitative estimate of drug-likeness (QED) is 0.659. The topological polar surface area (TPSA) is 36.4 Å². The lowest BCUT2D eigenvalue weighted by Crippen LogP contribution is -2.36. The number of aromatic nitrogens is 1. The number of hydrogen-bond acceptors (Lipinski definition) is 3. The highest BCUT2D eigenvalue weighted by atomic mass is 19.1. The van der Waals surface area contributed by atoms with Gasteiger partial charge in [-0.05, 0) is 35.7 Å². The number of halogens is 1. The van der Waals surface area contributed by atoms with Gasteiger partial charge in [-0.25, -0.2) is 4.39 Å². The van der Waals surface area contributed by atoms with E-state index in [0.29, 0.717) is 18.4 Å². The second-order valence-electron chi connectivity index (χ2n) is 8.23. The molecule has 1 aromatic heterocycles. The van der Waals surface area contributed by atoms with Crippen molar-refractivity contribution in [3.8, 4) is 0 Å². The van der Waals surface area contributed by atoms with Crippen LogP contribution >= 0.6 is 0 Å². The lowest BCUT2D eigenvalue weighted by atomic mass is 9.89. The summed E-state index contributed by atoms with van der Waals surface area (Å²) in [4.78, 5) is 22.1. The molecule has 2 aliphatic rings. The number of benzene rings is 2. The number of carbonyl (C=O) groups excluding carboxylic acids is 1. The van der Waals surface area contributed by atoms with Crippen molar-refractivity contribution in [2.75, 3.05) is 19.6 Å². The second kappa shape index (κ2) is 8.00. The molecule has 3 aromatic rings.